The van der Waals surface area contributed by atoms with Crippen molar-refractivity contribution in [3.8, 4) is 0 Å². The van der Waals surface area contributed by atoms with E-state index >= 15 is 0 Å². The molecule has 0 unspecified atom stereocenters. The lowest BCUT2D eigenvalue weighted by Gasteiger charge is -2.39. The number of rotatable bonds is 5. The van der Waals surface area contributed by atoms with Gasteiger partial charge in [-0.05, 0) is 86.2 Å². The van der Waals surface area contributed by atoms with E-state index < -0.39 is 23.1 Å². The molecule has 0 radical (unpaired) electrons. The van der Waals surface area contributed by atoms with Gasteiger partial charge in [0.1, 0.15) is 0 Å². The Morgan fingerprint density at radius 1 is 1.10 bits per heavy atom. The summed E-state index contributed by atoms with van der Waals surface area (Å²) in [5.74, 6) is -0.0309. The number of carbonyl (C=O) groups is 2. The lowest BCUT2D eigenvalue weighted by molar-refractivity contribution is -0.144. The number of carboxylic acids is 1. The van der Waals surface area contributed by atoms with Crippen LogP contribution in [0.5, 0.6) is 0 Å². The Labute approximate surface area is 232 Å². The summed E-state index contributed by atoms with van der Waals surface area (Å²) in [5, 5.41) is 9.32. The van der Waals surface area contributed by atoms with Crippen LogP contribution in [-0.4, -0.2) is 57.4 Å². The van der Waals surface area contributed by atoms with Crippen molar-refractivity contribution in [2.24, 2.45) is 11.3 Å². The Kier molecular flexibility index (Phi) is 7.13. The zero-order chi connectivity index (χ0) is 28.1. The van der Waals surface area contributed by atoms with Crippen LogP contribution < -0.4 is 0 Å². The number of benzene rings is 1. The number of aliphatic carboxylic acids is 1. The molecule has 1 amide bonds. The quantitative estimate of drug-likeness (QED) is 0.532. The van der Waals surface area contributed by atoms with E-state index in [1.54, 1.807) is 4.90 Å². The predicted molar refractivity (Wildman–Crippen MR) is 142 cm³/mol. The number of likely N-dealkylation sites (tertiary alicyclic amines) is 1. The molecule has 0 bridgehead atoms. The number of pyridine rings is 1. The second kappa shape index (κ2) is 10.5. The molecule has 1 aromatic carbocycles. The average Bonchev–Trinajstić information content (AvgIpc) is 3.51. The summed E-state index contributed by atoms with van der Waals surface area (Å²) in [6.45, 7) is 2.56. The van der Waals surface area contributed by atoms with E-state index in [2.05, 4.69) is 16.0 Å². The molecule has 40 heavy (non-hydrogen) atoms. The van der Waals surface area contributed by atoms with E-state index in [9.17, 15) is 27.9 Å². The molecule has 2 aliphatic heterocycles. The maximum atomic E-state index is 14.1. The van der Waals surface area contributed by atoms with Gasteiger partial charge >= 0.3 is 12.1 Å². The van der Waals surface area contributed by atoms with Crippen LogP contribution in [0.3, 0.4) is 0 Å². The van der Waals surface area contributed by atoms with E-state index in [1.807, 2.05) is 18.2 Å². The van der Waals surface area contributed by atoms with Gasteiger partial charge in [0.05, 0.1) is 17.4 Å². The number of nitrogens with zero attached hydrogens (tertiary/aromatic N) is 3. The van der Waals surface area contributed by atoms with Crippen LogP contribution in [0.15, 0.2) is 36.5 Å². The van der Waals surface area contributed by atoms with E-state index in [4.69, 9.17) is 0 Å². The first-order chi connectivity index (χ1) is 19.1. The summed E-state index contributed by atoms with van der Waals surface area (Å²) in [7, 11) is 0. The summed E-state index contributed by atoms with van der Waals surface area (Å²) in [6.07, 6.45) is 3.65. The average molecular weight is 556 g/mol. The predicted octanol–water partition coefficient (Wildman–Crippen LogP) is 5.44. The smallest absolute Gasteiger partial charge is 0.417 e. The second-order valence-electron chi connectivity index (χ2n) is 12.2. The maximum Gasteiger partial charge on any atom is 0.417 e. The number of amides is 1. The molecular weight excluding hydrogens is 519 g/mol. The van der Waals surface area contributed by atoms with E-state index in [-0.39, 0.29) is 18.9 Å². The Hall–Kier alpha value is -2.94. The fourth-order valence-corrected chi connectivity index (χ4v) is 8.14. The molecule has 1 N–H and O–H groups in total. The van der Waals surface area contributed by atoms with Crippen molar-refractivity contribution in [2.75, 3.05) is 19.6 Å². The highest BCUT2D eigenvalue weighted by Gasteiger charge is 2.57. The van der Waals surface area contributed by atoms with Gasteiger partial charge in [0.15, 0.2) is 0 Å². The summed E-state index contributed by atoms with van der Waals surface area (Å²) < 4.78 is 39.9. The molecule has 4 aliphatic rings. The van der Waals surface area contributed by atoms with Gasteiger partial charge in [-0.3, -0.25) is 14.6 Å². The Morgan fingerprint density at radius 3 is 2.62 bits per heavy atom. The van der Waals surface area contributed by atoms with Gasteiger partial charge < -0.3 is 14.9 Å². The third kappa shape index (κ3) is 5.01. The van der Waals surface area contributed by atoms with Crippen LogP contribution in [0.25, 0.3) is 0 Å². The Balaban J connectivity index is 1.13. The molecule has 214 valence electrons. The van der Waals surface area contributed by atoms with Crippen LogP contribution in [0, 0.1) is 11.3 Å². The first-order valence-corrected chi connectivity index (χ1v) is 14.5. The zero-order valence-corrected chi connectivity index (χ0v) is 22.6. The molecule has 0 spiro atoms. The maximum absolute atomic E-state index is 14.1. The zero-order valence-electron chi connectivity index (χ0n) is 22.6. The highest BCUT2D eigenvalue weighted by molar-refractivity contribution is 5.84. The molecular formula is C31H36F3N3O3. The third-order valence-electron chi connectivity index (χ3n) is 10.1. The Morgan fingerprint density at radius 2 is 1.88 bits per heavy atom. The van der Waals surface area contributed by atoms with E-state index in [0.717, 1.165) is 75.4 Å². The molecule has 2 aliphatic carbocycles. The van der Waals surface area contributed by atoms with Crippen molar-refractivity contribution in [3.05, 3.63) is 64.5 Å². The molecule has 3 fully saturated rings. The van der Waals surface area contributed by atoms with Crippen LogP contribution in [0.2, 0.25) is 0 Å². The van der Waals surface area contributed by atoms with Crippen LogP contribution in [-0.2, 0) is 35.2 Å². The fourth-order valence-electron chi connectivity index (χ4n) is 8.14. The van der Waals surface area contributed by atoms with Crippen LogP contribution in [0.4, 0.5) is 13.2 Å². The number of piperidine rings is 1. The van der Waals surface area contributed by atoms with Crippen molar-refractivity contribution in [1.82, 2.24) is 14.8 Å². The van der Waals surface area contributed by atoms with Gasteiger partial charge in [-0.15, -0.1) is 0 Å². The number of hydrogen-bond donors (Lipinski definition) is 1. The van der Waals surface area contributed by atoms with Gasteiger partial charge in [0.25, 0.3) is 0 Å². The number of carbonyl (C=O) groups excluding carboxylic acids is 1. The monoisotopic (exact) mass is 555 g/mol. The standard InChI is InChI=1S/C31H36F3N3O3/c32-31(33,34)24-14-22-19-37(13-9-27(22)35-18-24)29(40)30-10-3-5-23(30)16-25(17-30)36-11-7-20(8-12-36)26-6-2-1-4-21(26)15-28(38)39/h1-2,4,6,14,18,20,23,25H,3,5,7-13,15-17,19H2,(H,38,39)/t23-,25-,30-/m1/s1. The molecule has 2 aromatic rings. The van der Waals surface area contributed by atoms with Gasteiger partial charge in [-0.1, -0.05) is 30.7 Å². The second-order valence-corrected chi connectivity index (χ2v) is 12.2. The molecule has 3 atom stereocenters. The highest BCUT2D eigenvalue weighted by Crippen LogP contribution is 2.57. The highest BCUT2D eigenvalue weighted by atomic mass is 19.4. The molecule has 6 rings (SSSR count). The topological polar surface area (TPSA) is 73.7 Å². The van der Waals surface area contributed by atoms with Crippen LogP contribution in [0.1, 0.15) is 78.8 Å². The van der Waals surface area contributed by atoms with Gasteiger partial charge in [-0.2, -0.15) is 13.2 Å². The molecule has 9 heteroatoms. The number of aromatic nitrogens is 1. The first kappa shape index (κ1) is 27.2. The van der Waals surface area contributed by atoms with Gasteiger partial charge in [0.2, 0.25) is 5.91 Å². The molecule has 6 nitrogen and oxygen atoms in total. The molecule has 2 saturated carbocycles. The van der Waals surface area contributed by atoms with Gasteiger partial charge in [-0.25, -0.2) is 0 Å². The molecule has 3 heterocycles. The minimum absolute atomic E-state index is 0.0415. The van der Waals surface area contributed by atoms with Crippen LogP contribution >= 0.6 is 0 Å². The summed E-state index contributed by atoms with van der Waals surface area (Å²) >= 11 is 0. The first-order valence-electron chi connectivity index (χ1n) is 14.5. The minimum Gasteiger partial charge on any atom is -0.481 e. The number of carboxylic acid groups (broad SMARTS) is 1. The largest absolute Gasteiger partial charge is 0.481 e. The summed E-state index contributed by atoms with van der Waals surface area (Å²) in [6, 6.07) is 9.37. The lowest BCUT2D eigenvalue weighted by atomic mass is 9.78. The van der Waals surface area contributed by atoms with Crippen molar-refractivity contribution in [2.45, 2.75) is 82.5 Å². The van der Waals surface area contributed by atoms with E-state index in [1.165, 1.54) is 6.07 Å². The minimum atomic E-state index is -4.45. The van der Waals surface area contributed by atoms with Gasteiger partial charge in [0, 0.05) is 37.4 Å². The SMILES string of the molecule is O=C(O)Cc1ccccc1C1CCN([C@@H]2C[C@H]3CCC[C@@]3(C(=O)N3CCc4ncc(C(F)(F)F)cc4C3)C2)CC1. The van der Waals surface area contributed by atoms with Crippen molar-refractivity contribution in [3.63, 3.8) is 0 Å². The Bertz CT molecular complexity index is 1290. The summed E-state index contributed by atoms with van der Waals surface area (Å²) in [4.78, 5) is 33.9. The fraction of sp³-hybridized carbons (Fsp3) is 0.581. The van der Waals surface area contributed by atoms with E-state index in [0.29, 0.717) is 42.1 Å². The number of halogens is 3. The van der Waals surface area contributed by atoms with Crippen molar-refractivity contribution < 1.29 is 27.9 Å². The molecule has 1 saturated heterocycles. The van der Waals surface area contributed by atoms with Crippen molar-refractivity contribution >= 4 is 11.9 Å². The third-order valence-corrected chi connectivity index (χ3v) is 10.1. The number of hydrogen-bond acceptors (Lipinski definition) is 4. The number of fused-ring (bicyclic) bond motifs is 2. The molecule has 1 aromatic heterocycles. The number of alkyl halides is 3. The normalized spacial score (nSPS) is 27.4. The van der Waals surface area contributed by atoms with Crippen molar-refractivity contribution in [1.29, 1.82) is 0 Å². The lowest BCUT2D eigenvalue weighted by Crippen LogP contribution is -2.47. The summed E-state index contributed by atoms with van der Waals surface area (Å²) in [5.41, 5.74) is 2.05.